The molecule has 112 valence electrons. The molecule has 21 heavy (non-hydrogen) atoms. The van der Waals surface area contributed by atoms with Crippen LogP contribution in [0.25, 0.3) is 0 Å². The molecule has 2 aromatic rings. The van der Waals surface area contributed by atoms with E-state index in [1.54, 1.807) is 6.26 Å². The molecule has 4 nitrogen and oxygen atoms in total. The summed E-state index contributed by atoms with van der Waals surface area (Å²) in [7, 11) is 0. The van der Waals surface area contributed by atoms with Crippen molar-refractivity contribution in [3.63, 3.8) is 0 Å². The molecular formula is C15H17BrN2O2S. The number of halogens is 1. The quantitative estimate of drug-likeness (QED) is 0.832. The van der Waals surface area contributed by atoms with E-state index in [4.69, 9.17) is 4.42 Å². The van der Waals surface area contributed by atoms with Gasteiger partial charge in [0, 0.05) is 26.2 Å². The minimum Gasteiger partial charge on any atom is -0.468 e. The highest BCUT2D eigenvalue weighted by molar-refractivity contribution is 9.11. The maximum absolute atomic E-state index is 12.5. The summed E-state index contributed by atoms with van der Waals surface area (Å²) in [5, 5.41) is 0. The van der Waals surface area contributed by atoms with Crippen molar-refractivity contribution < 1.29 is 9.21 Å². The average molecular weight is 369 g/mol. The number of hydrogen-bond donors (Lipinski definition) is 0. The first-order valence-electron chi connectivity index (χ1n) is 7.02. The predicted octanol–water partition coefficient (Wildman–Crippen LogP) is 3.45. The lowest BCUT2D eigenvalue weighted by Crippen LogP contribution is -2.34. The van der Waals surface area contributed by atoms with Crippen LogP contribution in [0.15, 0.2) is 38.7 Å². The van der Waals surface area contributed by atoms with Crippen molar-refractivity contribution in [3.8, 4) is 0 Å². The van der Waals surface area contributed by atoms with E-state index in [2.05, 4.69) is 20.8 Å². The molecule has 2 aromatic heterocycles. The van der Waals surface area contributed by atoms with Crippen LogP contribution in [0.2, 0.25) is 0 Å². The van der Waals surface area contributed by atoms with Gasteiger partial charge in [-0.2, -0.15) is 0 Å². The number of rotatable bonds is 3. The van der Waals surface area contributed by atoms with Crippen molar-refractivity contribution in [1.82, 2.24) is 9.80 Å². The molecule has 0 aliphatic carbocycles. The van der Waals surface area contributed by atoms with Crippen LogP contribution in [0.3, 0.4) is 0 Å². The predicted molar refractivity (Wildman–Crippen MR) is 86.5 cm³/mol. The third kappa shape index (κ3) is 3.75. The van der Waals surface area contributed by atoms with Gasteiger partial charge in [0.2, 0.25) is 0 Å². The Labute approximate surface area is 136 Å². The molecule has 3 rings (SSSR count). The molecule has 1 aliphatic rings. The summed E-state index contributed by atoms with van der Waals surface area (Å²) in [6.07, 6.45) is 2.70. The largest absolute Gasteiger partial charge is 0.468 e. The van der Waals surface area contributed by atoms with Gasteiger partial charge in [-0.25, -0.2) is 0 Å². The number of amides is 1. The van der Waals surface area contributed by atoms with Gasteiger partial charge in [0.25, 0.3) is 5.91 Å². The highest BCUT2D eigenvalue weighted by Crippen LogP contribution is 2.23. The molecule has 1 saturated heterocycles. The Balaban J connectivity index is 1.59. The maximum Gasteiger partial charge on any atom is 0.264 e. The molecule has 0 atom stereocenters. The number of carbonyl (C=O) groups excluding carboxylic acids is 1. The third-order valence-electron chi connectivity index (χ3n) is 3.62. The Morgan fingerprint density at radius 1 is 1.24 bits per heavy atom. The smallest absolute Gasteiger partial charge is 0.264 e. The highest BCUT2D eigenvalue weighted by atomic mass is 79.9. The summed E-state index contributed by atoms with van der Waals surface area (Å²) in [5.74, 6) is 1.13. The highest BCUT2D eigenvalue weighted by Gasteiger charge is 2.21. The van der Waals surface area contributed by atoms with Crippen LogP contribution in [0, 0.1) is 0 Å². The summed E-state index contributed by atoms with van der Waals surface area (Å²) in [6.45, 7) is 4.30. The zero-order valence-electron chi connectivity index (χ0n) is 11.6. The van der Waals surface area contributed by atoms with Crippen molar-refractivity contribution >= 4 is 33.2 Å². The normalized spacial score (nSPS) is 16.9. The summed E-state index contributed by atoms with van der Waals surface area (Å²) in [5.41, 5.74) is 0. The van der Waals surface area contributed by atoms with E-state index in [9.17, 15) is 4.79 Å². The van der Waals surface area contributed by atoms with Crippen LogP contribution in [0.5, 0.6) is 0 Å². The molecular weight excluding hydrogens is 352 g/mol. The molecule has 0 unspecified atom stereocenters. The van der Waals surface area contributed by atoms with Gasteiger partial charge in [-0.3, -0.25) is 9.69 Å². The molecule has 0 bridgehead atoms. The van der Waals surface area contributed by atoms with Gasteiger partial charge < -0.3 is 9.32 Å². The van der Waals surface area contributed by atoms with E-state index in [0.29, 0.717) is 0 Å². The van der Waals surface area contributed by atoms with Crippen molar-refractivity contribution in [2.45, 2.75) is 13.0 Å². The van der Waals surface area contributed by atoms with E-state index < -0.39 is 0 Å². The van der Waals surface area contributed by atoms with Crippen LogP contribution in [-0.4, -0.2) is 41.9 Å². The summed E-state index contributed by atoms with van der Waals surface area (Å²) < 4.78 is 6.40. The lowest BCUT2D eigenvalue weighted by molar-refractivity contribution is 0.0765. The van der Waals surface area contributed by atoms with Crippen molar-refractivity contribution in [2.24, 2.45) is 0 Å². The molecule has 0 aromatic carbocycles. The first-order chi connectivity index (χ1) is 10.2. The first kappa shape index (κ1) is 14.8. The molecule has 0 spiro atoms. The summed E-state index contributed by atoms with van der Waals surface area (Å²) >= 11 is 4.91. The van der Waals surface area contributed by atoms with Gasteiger partial charge >= 0.3 is 0 Å². The second-order valence-electron chi connectivity index (χ2n) is 5.11. The zero-order chi connectivity index (χ0) is 14.7. The van der Waals surface area contributed by atoms with Gasteiger partial charge in [-0.05, 0) is 46.6 Å². The number of nitrogens with zero attached hydrogens (tertiary/aromatic N) is 2. The number of furan rings is 1. The van der Waals surface area contributed by atoms with E-state index in [1.165, 1.54) is 11.3 Å². The fraction of sp³-hybridized carbons (Fsp3) is 0.400. The van der Waals surface area contributed by atoms with Crippen LogP contribution < -0.4 is 0 Å². The van der Waals surface area contributed by atoms with Crippen LogP contribution >= 0.6 is 27.3 Å². The molecule has 1 amide bonds. The minimum absolute atomic E-state index is 0.144. The monoisotopic (exact) mass is 368 g/mol. The lowest BCUT2D eigenvalue weighted by atomic mass is 10.3. The Morgan fingerprint density at radius 2 is 2.14 bits per heavy atom. The van der Waals surface area contributed by atoms with E-state index in [-0.39, 0.29) is 5.91 Å². The van der Waals surface area contributed by atoms with Gasteiger partial charge in [0.1, 0.15) is 5.76 Å². The summed E-state index contributed by atoms with van der Waals surface area (Å²) in [4.78, 5) is 17.6. The Morgan fingerprint density at radius 3 is 2.86 bits per heavy atom. The molecule has 0 radical (unpaired) electrons. The van der Waals surface area contributed by atoms with Gasteiger partial charge in [0.15, 0.2) is 0 Å². The van der Waals surface area contributed by atoms with Crippen LogP contribution in [0.4, 0.5) is 0 Å². The standard InChI is InChI=1S/C15H17BrN2O2S/c16-14-5-4-13(21-14)15(19)18-7-2-6-17(8-9-18)11-12-3-1-10-20-12/h1,3-5,10H,2,6-9,11H2. The fourth-order valence-electron chi connectivity index (χ4n) is 2.54. The average Bonchev–Trinajstić information content (AvgIpc) is 3.07. The zero-order valence-corrected chi connectivity index (χ0v) is 14.0. The first-order valence-corrected chi connectivity index (χ1v) is 8.63. The van der Waals surface area contributed by atoms with E-state index in [0.717, 1.165) is 53.6 Å². The molecule has 6 heteroatoms. The Bertz CT molecular complexity index is 597. The SMILES string of the molecule is O=C(c1ccc(Br)s1)N1CCCN(Cc2ccco2)CC1. The number of thiophene rings is 1. The second kappa shape index (κ2) is 6.77. The van der Waals surface area contributed by atoms with E-state index in [1.807, 2.05) is 29.2 Å². The van der Waals surface area contributed by atoms with Crippen molar-refractivity contribution in [1.29, 1.82) is 0 Å². The minimum atomic E-state index is 0.144. The molecule has 1 aliphatic heterocycles. The molecule has 0 N–H and O–H groups in total. The fourth-order valence-corrected chi connectivity index (χ4v) is 3.89. The number of hydrogen-bond acceptors (Lipinski definition) is 4. The van der Waals surface area contributed by atoms with Crippen molar-refractivity contribution in [2.75, 3.05) is 26.2 Å². The van der Waals surface area contributed by atoms with Crippen molar-refractivity contribution in [3.05, 3.63) is 45.0 Å². The third-order valence-corrected chi connectivity index (χ3v) is 5.23. The molecule has 0 saturated carbocycles. The van der Waals surface area contributed by atoms with Gasteiger partial charge in [-0.15, -0.1) is 11.3 Å². The Kier molecular flexibility index (Phi) is 4.77. The van der Waals surface area contributed by atoms with E-state index >= 15 is 0 Å². The van der Waals surface area contributed by atoms with Crippen LogP contribution in [0.1, 0.15) is 21.9 Å². The topological polar surface area (TPSA) is 36.7 Å². The second-order valence-corrected chi connectivity index (χ2v) is 7.57. The molecule has 3 heterocycles. The molecule has 1 fully saturated rings. The Hall–Kier alpha value is -1.11. The maximum atomic E-state index is 12.5. The lowest BCUT2D eigenvalue weighted by Gasteiger charge is -2.21. The van der Waals surface area contributed by atoms with Crippen LogP contribution in [-0.2, 0) is 6.54 Å². The summed E-state index contributed by atoms with van der Waals surface area (Å²) in [6, 6.07) is 7.73. The van der Waals surface area contributed by atoms with Gasteiger partial charge in [0.05, 0.1) is 21.5 Å². The number of carbonyl (C=O) groups is 1. The van der Waals surface area contributed by atoms with Gasteiger partial charge in [-0.1, -0.05) is 0 Å².